The molecule has 6 heteroatoms. The second-order valence-electron chi connectivity index (χ2n) is 7.16. The number of hydrogen-bond acceptors (Lipinski definition) is 3. The summed E-state index contributed by atoms with van der Waals surface area (Å²) in [6, 6.07) is 8.10. The van der Waals surface area contributed by atoms with Crippen LogP contribution < -0.4 is 5.32 Å². The number of benzene rings is 1. The highest BCUT2D eigenvalue weighted by Crippen LogP contribution is 2.27. The number of aryl methyl sites for hydroxylation is 1. The third-order valence-electron chi connectivity index (χ3n) is 5.07. The van der Waals surface area contributed by atoms with E-state index < -0.39 is 10.0 Å². The molecule has 1 aromatic rings. The van der Waals surface area contributed by atoms with Crippen molar-refractivity contribution in [2.24, 2.45) is 11.8 Å². The van der Waals surface area contributed by atoms with Gasteiger partial charge in [0.25, 0.3) is 0 Å². The normalized spacial score (nSPS) is 18.3. The molecule has 0 unspecified atom stereocenters. The van der Waals surface area contributed by atoms with Gasteiger partial charge in [0.2, 0.25) is 15.9 Å². The van der Waals surface area contributed by atoms with Gasteiger partial charge in [-0.25, -0.2) is 12.7 Å². The van der Waals surface area contributed by atoms with Crippen molar-refractivity contribution in [2.45, 2.75) is 46.6 Å². The van der Waals surface area contributed by atoms with Gasteiger partial charge in [-0.15, -0.1) is 0 Å². The molecular weight excluding hydrogens is 336 g/mol. The van der Waals surface area contributed by atoms with Gasteiger partial charge in [-0.1, -0.05) is 38.1 Å². The zero-order valence-electron chi connectivity index (χ0n) is 15.7. The van der Waals surface area contributed by atoms with Crippen LogP contribution in [-0.2, 0) is 14.8 Å². The Kier molecular flexibility index (Phi) is 6.63. The maximum absolute atomic E-state index is 12.7. The van der Waals surface area contributed by atoms with E-state index in [4.69, 9.17) is 0 Å². The first-order valence-corrected chi connectivity index (χ1v) is 10.7. The lowest BCUT2D eigenvalue weighted by Gasteiger charge is -2.32. The zero-order chi connectivity index (χ0) is 18.6. The molecule has 0 spiro atoms. The highest BCUT2D eigenvalue weighted by atomic mass is 32.2. The number of sulfonamides is 1. The summed E-state index contributed by atoms with van der Waals surface area (Å²) in [7, 11) is -3.15. The summed E-state index contributed by atoms with van der Waals surface area (Å²) >= 11 is 0. The Morgan fingerprint density at radius 2 is 1.84 bits per heavy atom. The fourth-order valence-corrected chi connectivity index (χ4v) is 4.52. The van der Waals surface area contributed by atoms with Crippen LogP contribution in [0.3, 0.4) is 0 Å². The number of rotatable bonds is 6. The van der Waals surface area contributed by atoms with E-state index in [1.807, 2.05) is 12.1 Å². The molecule has 1 aliphatic heterocycles. The number of nitrogens with zero attached hydrogens (tertiary/aromatic N) is 1. The van der Waals surface area contributed by atoms with Crippen molar-refractivity contribution in [2.75, 3.05) is 18.8 Å². The van der Waals surface area contributed by atoms with Gasteiger partial charge in [0, 0.05) is 19.0 Å². The van der Waals surface area contributed by atoms with E-state index in [1.165, 1.54) is 9.87 Å². The van der Waals surface area contributed by atoms with Gasteiger partial charge in [-0.05, 0) is 43.7 Å². The van der Waals surface area contributed by atoms with Crippen molar-refractivity contribution in [3.05, 3.63) is 35.4 Å². The summed E-state index contributed by atoms with van der Waals surface area (Å²) in [4.78, 5) is 12.7. The Balaban J connectivity index is 2.02. The van der Waals surface area contributed by atoms with Crippen molar-refractivity contribution in [3.8, 4) is 0 Å². The summed E-state index contributed by atoms with van der Waals surface area (Å²) in [6.07, 6.45) is 1.17. The number of hydrogen-bond donors (Lipinski definition) is 1. The van der Waals surface area contributed by atoms with Crippen LogP contribution in [0.5, 0.6) is 0 Å². The number of carbonyl (C=O) groups excluding carboxylic acids is 1. The first-order chi connectivity index (χ1) is 11.8. The predicted molar refractivity (Wildman–Crippen MR) is 101 cm³/mol. The lowest BCUT2D eigenvalue weighted by molar-refractivity contribution is -0.127. The summed E-state index contributed by atoms with van der Waals surface area (Å²) in [5, 5.41) is 3.20. The molecule has 1 saturated heterocycles. The van der Waals surface area contributed by atoms with Gasteiger partial charge in [-0.2, -0.15) is 0 Å². The monoisotopic (exact) mass is 366 g/mol. The molecular formula is C19H30N2O3S. The van der Waals surface area contributed by atoms with Crippen molar-refractivity contribution in [3.63, 3.8) is 0 Å². The van der Waals surface area contributed by atoms with Gasteiger partial charge in [-0.3, -0.25) is 4.79 Å². The molecule has 0 bridgehead atoms. The lowest BCUT2D eigenvalue weighted by Crippen LogP contribution is -2.44. The van der Waals surface area contributed by atoms with Crippen LogP contribution in [0.2, 0.25) is 0 Å². The molecule has 0 aliphatic carbocycles. The van der Waals surface area contributed by atoms with Crippen molar-refractivity contribution < 1.29 is 13.2 Å². The minimum atomic E-state index is -3.15. The van der Waals surface area contributed by atoms with Gasteiger partial charge in [0.1, 0.15) is 0 Å². The topological polar surface area (TPSA) is 66.5 Å². The smallest absolute Gasteiger partial charge is 0.223 e. The Hall–Kier alpha value is -1.40. The molecule has 140 valence electrons. The minimum Gasteiger partial charge on any atom is -0.349 e. The van der Waals surface area contributed by atoms with Gasteiger partial charge >= 0.3 is 0 Å². The molecule has 0 saturated carbocycles. The van der Waals surface area contributed by atoms with Crippen LogP contribution in [0.1, 0.15) is 50.8 Å². The molecule has 1 heterocycles. The highest BCUT2D eigenvalue weighted by molar-refractivity contribution is 7.89. The zero-order valence-corrected chi connectivity index (χ0v) is 16.5. The molecule has 0 aromatic heterocycles. The number of nitrogens with one attached hydrogen (secondary N) is 1. The average molecular weight is 367 g/mol. The Labute approximate surface area is 151 Å². The van der Waals surface area contributed by atoms with Crippen LogP contribution in [-0.4, -0.2) is 37.5 Å². The van der Waals surface area contributed by atoms with E-state index in [1.54, 1.807) is 6.92 Å². The maximum Gasteiger partial charge on any atom is 0.223 e. The molecule has 1 atom stereocenters. The second-order valence-corrected chi connectivity index (χ2v) is 9.42. The molecule has 2 rings (SSSR count). The second kappa shape index (κ2) is 8.32. The average Bonchev–Trinajstić information content (AvgIpc) is 2.60. The summed E-state index contributed by atoms with van der Waals surface area (Å²) < 4.78 is 25.4. The highest BCUT2D eigenvalue weighted by Gasteiger charge is 2.31. The first-order valence-electron chi connectivity index (χ1n) is 9.10. The largest absolute Gasteiger partial charge is 0.349 e. The van der Waals surface area contributed by atoms with Crippen molar-refractivity contribution in [1.82, 2.24) is 9.62 Å². The molecule has 1 aliphatic rings. The van der Waals surface area contributed by atoms with E-state index in [0.717, 1.165) is 5.56 Å². The van der Waals surface area contributed by atoms with Crippen LogP contribution in [0.25, 0.3) is 0 Å². The van der Waals surface area contributed by atoms with E-state index in [2.05, 4.69) is 38.2 Å². The molecule has 1 aromatic carbocycles. The number of amides is 1. The number of carbonyl (C=O) groups is 1. The molecule has 1 N–H and O–H groups in total. The van der Waals surface area contributed by atoms with E-state index >= 15 is 0 Å². The molecule has 5 nitrogen and oxygen atoms in total. The van der Waals surface area contributed by atoms with Crippen molar-refractivity contribution in [1.29, 1.82) is 0 Å². The third kappa shape index (κ3) is 4.82. The first kappa shape index (κ1) is 19.9. The van der Waals surface area contributed by atoms with Crippen LogP contribution >= 0.6 is 0 Å². The van der Waals surface area contributed by atoms with Crippen LogP contribution in [0, 0.1) is 18.8 Å². The Morgan fingerprint density at radius 3 is 2.36 bits per heavy atom. The van der Waals surface area contributed by atoms with Crippen LogP contribution in [0.15, 0.2) is 24.3 Å². The number of piperidine rings is 1. The van der Waals surface area contributed by atoms with Gasteiger partial charge < -0.3 is 5.32 Å². The van der Waals surface area contributed by atoms with E-state index in [0.29, 0.717) is 25.9 Å². The Morgan fingerprint density at radius 1 is 1.24 bits per heavy atom. The van der Waals surface area contributed by atoms with Crippen LogP contribution in [0.4, 0.5) is 0 Å². The fraction of sp³-hybridized carbons (Fsp3) is 0.632. The molecule has 1 fully saturated rings. The summed E-state index contributed by atoms with van der Waals surface area (Å²) in [5.41, 5.74) is 2.32. The predicted octanol–water partition coefficient (Wildman–Crippen LogP) is 2.87. The summed E-state index contributed by atoms with van der Waals surface area (Å²) in [5.74, 6) is 0.321. The SMILES string of the molecule is CCS(=O)(=O)N1CCC(C(=O)N[C@@H](c2ccccc2C)C(C)C)CC1. The third-order valence-corrected chi connectivity index (χ3v) is 6.95. The molecule has 25 heavy (non-hydrogen) atoms. The standard InChI is InChI=1S/C19H30N2O3S/c1-5-25(23,24)21-12-10-16(11-13-21)19(22)20-18(14(2)3)17-9-7-6-8-15(17)4/h6-9,14,16,18H,5,10-13H2,1-4H3,(H,20,22)/t18-/m1/s1. The fourth-order valence-electron chi connectivity index (χ4n) is 3.39. The quantitative estimate of drug-likeness (QED) is 0.842. The van der Waals surface area contributed by atoms with Gasteiger partial charge in [0.15, 0.2) is 0 Å². The maximum atomic E-state index is 12.7. The lowest BCUT2D eigenvalue weighted by atomic mass is 9.90. The summed E-state index contributed by atoms with van der Waals surface area (Å²) in [6.45, 7) is 8.80. The molecule has 1 amide bonds. The minimum absolute atomic E-state index is 0.0221. The van der Waals surface area contributed by atoms with E-state index in [-0.39, 0.29) is 29.5 Å². The Bertz CT molecular complexity index is 692. The van der Waals surface area contributed by atoms with Gasteiger partial charge in [0.05, 0.1) is 11.8 Å². The van der Waals surface area contributed by atoms with Crippen molar-refractivity contribution >= 4 is 15.9 Å². The van der Waals surface area contributed by atoms with E-state index in [9.17, 15) is 13.2 Å². The molecule has 0 radical (unpaired) electrons.